The SMILES string of the molecule is N=C(C(=O)Nc1cnn(Cc2ccc(F)c(F)c2)c1)c1ccccc1N.[HH].[HH]. The fourth-order valence-corrected chi connectivity index (χ4v) is 2.38. The zero-order chi connectivity index (χ0) is 18.7. The Labute approximate surface area is 150 Å². The average molecular weight is 359 g/mol. The van der Waals surface area contributed by atoms with Crippen molar-refractivity contribution in [3.05, 3.63) is 77.6 Å². The molecule has 3 rings (SSSR count). The second-order valence-corrected chi connectivity index (χ2v) is 5.59. The van der Waals surface area contributed by atoms with Gasteiger partial charge in [0.15, 0.2) is 11.6 Å². The Morgan fingerprint density at radius 3 is 2.73 bits per heavy atom. The van der Waals surface area contributed by atoms with Gasteiger partial charge >= 0.3 is 0 Å². The van der Waals surface area contributed by atoms with Crippen LogP contribution in [-0.4, -0.2) is 21.4 Å². The largest absolute Gasteiger partial charge is 0.398 e. The first kappa shape index (κ1) is 17.3. The maximum absolute atomic E-state index is 13.2. The molecule has 0 aliphatic rings. The van der Waals surface area contributed by atoms with Gasteiger partial charge in [-0.05, 0) is 23.8 Å². The molecule has 0 saturated carbocycles. The highest BCUT2D eigenvalue weighted by molar-refractivity contribution is 6.48. The van der Waals surface area contributed by atoms with Gasteiger partial charge in [0.25, 0.3) is 5.91 Å². The van der Waals surface area contributed by atoms with Crippen LogP contribution in [0.5, 0.6) is 0 Å². The Balaban J connectivity index is 0.00000196. The van der Waals surface area contributed by atoms with Crippen LogP contribution in [0.15, 0.2) is 54.9 Å². The van der Waals surface area contributed by atoms with E-state index in [-0.39, 0.29) is 15.1 Å². The number of carbonyl (C=O) groups is 1. The number of rotatable bonds is 5. The number of nitrogens with zero attached hydrogens (tertiary/aromatic N) is 2. The van der Waals surface area contributed by atoms with Crippen molar-refractivity contribution in [3.63, 3.8) is 0 Å². The third-order valence-corrected chi connectivity index (χ3v) is 3.68. The summed E-state index contributed by atoms with van der Waals surface area (Å²) in [6, 6.07) is 10.2. The van der Waals surface area contributed by atoms with Crippen molar-refractivity contribution < 1.29 is 16.4 Å². The van der Waals surface area contributed by atoms with E-state index in [4.69, 9.17) is 11.1 Å². The molecule has 26 heavy (non-hydrogen) atoms. The number of nitrogens with two attached hydrogens (primary N) is 1. The molecule has 0 saturated heterocycles. The quantitative estimate of drug-likeness (QED) is 0.482. The summed E-state index contributed by atoms with van der Waals surface area (Å²) in [5.41, 5.74) is 7.07. The van der Waals surface area contributed by atoms with E-state index in [9.17, 15) is 13.6 Å². The zero-order valence-electron chi connectivity index (χ0n) is 13.5. The van der Waals surface area contributed by atoms with E-state index in [1.54, 1.807) is 24.3 Å². The first-order valence-corrected chi connectivity index (χ1v) is 7.65. The number of hydrogen-bond acceptors (Lipinski definition) is 4. The summed E-state index contributed by atoms with van der Waals surface area (Å²) >= 11 is 0. The lowest BCUT2D eigenvalue weighted by Crippen LogP contribution is -2.23. The predicted octanol–water partition coefficient (Wildman–Crippen LogP) is 3.29. The minimum Gasteiger partial charge on any atom is -0.398 e. The van der Waals surface area contributed by atoms with Crippen LogP contribution in [0, 0.1) is 17.0 Å². The molecule has 6 nitrogen and oxygen atoms in total. The molecule has 0 radical (unpaired) electrons. The Hall–Kier alpha value is -3.55. The summed E-state index contributed by atoms with van der Waals surface area (Å²) in [7, 11) is 0. The van der Waals surface area contributed by atoms with Crippen molar-refractivity contribution in [3.8, 4) is 0 Å². The lowest BCUT2D eigenvalue weighted by atomic mass is 10.1. The molecule has 1 amide bonds. The Morgan fingerprint density at radius 1 is 1.23 bits per heavy atom. The molecule has 0 aliphatic carbocycles. The van der Waals surface area contributed by atoms with Gasteiger partial charge in [0.1, 0.15) is 5.71 Å². The van der Waals surface area contributed by atoms with Gasteiger partial charge in [-0.2, -0.15) is 5.10 Å². The first-order valence-electron chi connectivity index (χ1n) is 7.65. The summed E-state index contributed by atoms with van der Waals surface area (Å²) in [5, 5.41) is 14.6. The molecule has 1 aromatic heterocycles. The van der Waals surface area contributed by atoms with Gasteiger partial charge in [0.2, 0.25) is 0 Å². The van der Waals surface area contributed by atoms with Crippen molar-refractivity contribution in [2.75, 3.05) is 11.1 Å². The molecule has 0 bridgehead atoms. The van der Waals surface area contributed by atoms with Gasteiger partial charge in [-0.25, -0.2) is 8.78 Å². The molecule has 0 aliphatic heterocycles. The number of hydrogen-bond donors (Lipinski definition) is 3. The van der Waals surface area contributed by atoms with Gasteiger partial charge in [-0.3, -0.25) is 14.9 Å². The van der Waals surface area contributed by atoms with Crippen molar-refractivity contribution in [1.82, 2.24) is 9.78 Å². The Morgan fingerprint density at radius 2 is 2.00 bits per heavy atom. The zero-order valence-corrected chi connectivity index (χ0v) is 13.5. The fraction of sp³-hybridized carbons (Fsp3) is 0.0556. The molecule has 0 atom stereocenters. The van der Waals surface area contributed by atoms with Gasteiger partial charge in [-0.15, -0.1) is 0 Å². The number of halogens is 2. The van der Waals surface area contributed by atoms with Crippen LogP contribution in [0.25, 0.3) is 0 Å². The molecule has 8 heteroatoms. The number of benzene rings is 2. The summed E-state index contributed by atoms with van der Waals surface area (Å²) < 4.78 is 27.7. The number of amides is 1. The number of anilines is 2. The van der Waals surface area contributed by atoms with Gasteiger partial charge in [0.05, 0.1) is 18.4 Å². The highest BCUT2D eigenvalue weighted by Gasteiger charge is 2.15. The van der Waals surface area contributed by atoms with E-state index in [1.165, 1.54) is 23.1 Å². The molecule has 1 heterocycles. The standard InChI is InChI=1S/C18H15F2N5O.2H2/c19-14-6-5-11(7-15(14)20)9-25-10-12(8-23-25)24-18(26)17(22)13-3-1-2-4-16(13)21;;/h1-8,10,22H,9,21H2,(H,24,26);2*1H. The van der Waals surface area contributed by atoms with Crippen LogP contribution in [0.2, 0.25) is 0 Å². The molecular weight excluding hydrogens is 340 g/mol. The molecule has 4 N–H and O–H groups in total. The van der Waals surface area contributed by atoms with Crippen molar-refractivity contribution >= 4 is 23.0 Å². The number of nitrogen functional groups attached to an aromatic ring is 1. The molecular formula is C18H19F2N5O. The second-order valence-electron chi connectivity index (χ2n) is 5.59. The molecule has 0 spiro atoms. The van der Waals surface area contributed by atoms with Gasteiger partial charge in [-0.1, -0.05) is 24.3 Å². The van der Waals surface area contributed by atoms with Crippen LogP contribution in [-0.2, 0) is 11.3 Å². The smallest absolute Gasteiger partial charge is 0.274 e. The van der Waals surface area contributed by atoms with E-state index in [0.717, 1.165) is 12.1 Å². The van der Waals surface area contributed by atoms with Crippen LogP contribution in [0.4, 0.5) is 20.2 Å². The maximum Gasteiger partial charge on any atom is 0.274 e. The highest BCUT2D eigenvalue weighted by atomic mass is 19.2. The van der Waals surface area contributed by atoms with E-state index < -0.39 is 17.5 Å². The third kappa shape index (κ3) is 3.75. The van der Waals surface area contributed by atoms with Crippen LogP contribution in [0.1, 0.15) is 14.0 Å². The number of carbonyl (C=O) groups excluding carboxylic acids is 1. The monoisotopic (exact) mass is 359 g/mol. The number of para-hydroxylation sites is 1. The van der Waals surface area contributed by atoms with Crippen LogP contribution in [0.3, 0.4) is 0 Å². The lowest BCUT2D eigenvalue weighted by Gasteiger charge is -2.07. The average Bonchev–Trinajstić information content (AvgIpc) is 3.05. The van der Waals surface area contributed by atoms with Crippen molar-refractivity contribution in [2.45, 2.75) is 6.54 Å². The van der Waals surface area contributed by atoms with E-state index in [0.29, 0.717) is 22.5 Å². The number of aromatic nitrogens is 2. The summed E-state index contributed by atoms with van der Waals surface area (Å²) in [5.74, 6) is -2.48. The van der Waals surface area contributed by atoms with Crippen molar-refractivity contribution in [1.29, 1.82) is 5.41 Å². The number of nitrogens with one attached hydrogen (secondary N) is 2. The third-order valence-electron chi connectivity index (χ3n) is 3.68. The van der Waals surface area contributed by atoms with Crippen LogP contribution < -0.4 is 11.1 Å². The summed E-state index contributed by atoms with van der Waals surface area (Å²) in [6.07, 6.45) is 2.93. The topological polar surface area (TPSA) is 96.8 Å². The molecule has 3 aromatic rings. The minimum atomic E-state index is -0.933. The molecule has 136 valence electrons. The van der Waals surface area contributed by atoms with E-state index in [1.807, 2.05) is 0 Å². The lowest BCUT2D eigenvalue weighted by molar-refractivity contribution is -0.110. The fourth-order valence-electron chi connectivity index (χ4n) is 2.38. The van der Waals surface area contributed by atoms with Crippen molar-refractivity contribution in [2.24, 2.45) is 0 Å². The Bertz CT molecular complexity index is 994. The van der Waals surface area contributed by atoms with Crippen LogP contribution >= 0.6 is 0 Å². The van der Waals surface area contributed by atoms with Gasteiger partial charge < -0.3 is 11.1 Å². The first-order chi connectivity index (χ1) is 12.4. The molecule has 2 aromatic carbocycles. The second kappa shape index (κ2) is 7.14. The Kier molecular flexibility index (Phi) is 4.74. The van der Waals surface area contributed by atoms with E-state index >= 15 is 0 Å². The normalized spacial score (nSPS) is 10.5. The van der Waals surface area contributed by atoms with E-state index in [2.05, 4.69) is 10.4 Å². The van der Waals surface area contributed by atoms with Gasteiger partial charge in [0, 0.05) is 20.3 Å². The minimum absolute atomic E-state index is 0. The molecule has 0 fully saturated rings. The maximum atomic E-state index is 13.2. The summed E-state index contributed by atoms with van der Waals surface area (Å²) in [6.45, 7) is 0.205. The predicted molar refractivity (Wildman–Crippen MR) is 98.2 cm³/mol. The summed E-state index contributed by atoms with van der Waals surface area (Å²) in [4.78, 5) is 12.2. The molecule has 0 unspecified atom stereocenters. The highest BCUT2D eigenvalue weighted by Crippen LogP contribution is 2.14.